The number of aromatic nitrogens is 1. The first-order valence-corrected chi connectivity index (χ1v) is 7.56. The van der Waals surface area contributed by atoms with E-state index in [2.05, 4.69) is 42.3 Å². The monoisotopic (exact) mass is 288 g/mol. The third-order valence-corrected chi connectivity index (χ3v) is 3.96. The highest BCUT2D eigenvalue weighted by atomic mass is 32.2. The lowest BCUT2D eigenvalue weighted by Crippen LogP contribution is -2.18. The summed E-state index contributed by atoms with van der Waals surface area (Å²) in [6.45, 7) is 5.17. The van der Waals surface area contributed by atoms with E-state index in [0.29, 0.717) is 0 Å². The van der Waals surface area contributed by atoms with Crippen molar-refractivity contribution < 1.29 is 4.74 Å². The van der Waals surface area contributed by atoms with Gasteiger partial charge >= 0.3 is 0 Å². The van der Waals surface area contributed by atoms with Gasteiger partial charge in [0.25, 0.3) is 0 Å². The molecule has 0 aliphatic carbocycles. The molecular formula is C16H20N2OS. The third-order valence-electron chi connectivity index (χ3n) is 2.99. The molecule has 1 unspecified atom stereocenters. The number of methoxy groups -OCH3 is 1. The van der Waals surface area contributed by atoms with Crippen molar-refractivity contribution in [2.45, 2.75) is 29.7 Å². The summed E-state index contributed by atoms with van der Waals surface area (Å²) in [7, 11) is 1.68. The Morgan fingerprint density at radius 1 is 1.25 bits per heavy atom. The van der Waals surface area contributed by atoms with Crippen molar-refractivity contribution in [2.24, 2.45) is 0 Å². The highest BCUT2D eigenvalue weighted by Gasteiger charge is 2.05. The molecule has 0 saturated heterocycles. The van der Waals surface area contributed by atoms with Gasteiger partial charge in [-0.1, -0.05) is 24.8 Å². The van der Waals surface area contributed by atoms with Crippen molar-refractivity contribution in [3.05, 3.63) is 48.3 Å². The Labute approximate surface area is 124 Å². The topological polar surface area (TPSA) is 34.1 Å². The molecule has 0 bridgehead atoms. The minimum atomic E-state index is 0.288. The number of nitrogens with zero attached hydrogens (tertiary/aromatic N) is 1. The van der Waals surface area contributed by atoms with Gasteiger partial charge in [-0.2, -0.15) is 0 Å². The van der Waals surface area contributed by atoms with Crippen molar-refractivity contribution in [1.82, 2.24) is 10.3 Å². The molecule has 1 heterocycles. The lowest BCUT2D eigenvalue weighted by Gasteiger charge is -2.12. The summed E-state index contributed by atoms with van der Waals surface area (Å²) in [6.07, 6.45) is 1.92. The first-order chi connectivity index (χ1) is 9.72. The zero-order valence-electron chi connectivity index (χ0n) is 12.1. The molecule has 4 heteroatoms. The van der Waals surface area contributed by atoms with Gasteiger partial charge in [0.15, 0.2) is 0 Å². The highest BCUT2D eigenvalue weighted by molar-refractivity contribution is 7.99. The summed E-state index contributed by atoms with van der Waals surface area (Å²) >= 11 is 1.69. The van der Waals surface area contributed by atoms with E-state index in [-0.39, 0.29) is 6.04 Å². The van der Waals surface area contributed by atoms with Crippen molar-refractivity contribution in [3.63, 3.8) is 0 Å². The van der Waals surface area contributed by atoms with Crippen LogP contribution in [-0.4, -0.2) is 18.6 Å². The van der Waals surface area contributed by atoms with Crippen LogP contribution in [0.25, 0.3) is 0 Å². The molecular weight excluding hydrogens is 268 g/mol. The zero-order chi connectivity index (χ0) is 14.4. The fourth-order valence-corrected chi connectivity index (χ4v) is 2.76. The van der Waals surface area contributed by atoms with Crippen LogP contribution in [0.5, 0.6) is 5.75 Å². The summed E-state index contributed by atoms with van der Waals surface area (Å²) in [5.74, 6) is 0.875. The van der Waals surface area contributed by atoms with Crippen LogP contribution in [0, 0.1) is 0 Å². The Kier molecular flexibility index (Phi) is 5.44. The molecule has 1 aromatic heterocycles. The molecule has 0 amide bonds. The van der Waals surface area contributed by atoms with E-state index in [1.54, 1.807) is 18.9 Å². The van der Waals surface area contributed by atoms with Gasteiger partial charge in [-0.25, -0.2) is 0 Å². The standard InChI is InChI=1S/C16H20N2OS/c1-4-17-12(2)16-9-8-15(11-18-16)20-14-7-5-6-13(10-14)19-3/h5-12,17H,4H2,1-3H3. The van der Waals surface area contributed by atoms with E-state index < -0.39 is 0 Å². The van der Waals surface area contributed by atoms with Gasteiger partial charge in [0.1, 0.15) is 5.75 Å². The number of ether oxygens (including phenoxy) is 1. The number of hydrogen-bond acceptors (Lipinski definition) is 4. The maximum absolute atomic E-state index is 5.23. The molecule has 0 radical (unpaired) electrons. The summed E-state index contributed by atoms with van der Waals surface area (Å²) in [4.78, 5) is 6.80. The molecule has 2 aromatic rings. The Hall–Kier alpha value is -1.52. The second-order valence-corrected chi connectivity index (χ2v) is 5.63. The smallest absolute Gasteiger partial charge is 0.119 e. The summed E-state index contributed by atoms with van der Waals surface area (Å²) in [6, 6.07) is 12.5. The van der Waals surface area contributed by atoms with E-state index >= 15 is 0 Å². The Balaban J connectivity index is 2.06. The maximum Gasteiger partial charge on any atom is 0.119 e. The Bertz CT molecular complexity index is 542. The van der Waals surface area contributed by atoms with Crippen LogP contribution in [0.1, 0.15) is 25.6 Å². The number of nitrogens with one attached hydrogen (secondary N) is 1. The predicted molar refractivity (Wildman–Crippen MR) is 83.4 cm³/mol. The number of pyridine rings is 1. The van der Waals surface area contributed by atoms with Crippen molar-refractivity contribution in [2.75, 3.05) is 13.7 Å². The number of benzene rings is 1. The van der Waals surface area contributed by atoms with Crippen LogP contribution in [0.15, 0.2) is 52.4 Å². The average Bonchev–Trinajstić information content (AvgIpc) is 2.48. The van der Waals surface area contributed by atoms with E-state index in [1.807, 2.05) is 24.4 Å². The van der Waals surface area contributed by atoms with Crippen LogP contribution in [0.3, 0.4) is 0 Å². The Morgan fingerprint density at radius 3 is 2.75 bits per heavy atom. The maximum atomic E-state index is 5.23. The van der Waals surface area contributed by atoms with Crippen LogP contribution in [0.2, 0.25) is 0 Å². The SMILES string of the molecule is CCNC(C)c1ccc(Sc2cccc(OC)c2)cn1. The van der Waals surface area contributed by atoms with Crippen molar-refractivity contribution in [1.29, 1.82) is 0 Å². The summed E-state index contributed by atoms with van der Waals surface area (Å²) < 4.78 is 5.23. The second-order valence-electron chi connectivity index (χ2n) is 4.48. The largest absolute Gasteiger partial charge is 0.497 e. The van der Waals surface area contributed by atoms with Crippen LogP contribution in [-0.2, 0) is 0 Å². The first kappa shape index (κ1) is 14.9. The van der Waals surface area contributed by atoms with Gasteiger partial charge in [0.2, 0.25) is 0 Å². The minimum Gasteiger partial charge on any atom is -0.497 e. The van der Waals surface area contributed by atoms with E-state index in [9.17, 15) is 0 Å². The molecule has 20 heavy (non-hydrogen) atoms. The highest BCUT2D eigenvalue weighted by Crippen LogP contribution is 2.29. The van der Waals surface area contributed by atoms with Gasteiger partial charge in [0, 0.05) is 22.0 Å². The van der Waals surface area contributed by atoms with Gasteiger partial charge < -0.3 is 10.1 Å². The fraction of sp³-hybridized carbons (Fsp3) is 0.312. The van der Waals surface area contributed by atoms with Crippen LogP contribution < -0.4 is 10.1 Å². The van der Waals surface area contributed by atoms with Crippen molar-refractivity contribution >= 4 is 11.8 Å². The number of rotatable bonds is 6. The fourth-order valence-electron chi connectivity index (χ4n) is 1.92. The molecule has 0 aliphatic rings. The molecule has 1 aromatic carbocycles. The van der Waals surface area contributed by atoms with Crippen molar-refractivity contribution in [3.8, 4) is 5.75 Å². The molecule has 1 atom stereocenters. The molecule has 2 rings (SSSR count). The lowest BCUT2D eigenvalue weighted by atomic mass is 10.2. The van der Waals surface area contributed by atoms with Gasteiger partial charge in [-0.05, 0) is 43.8 Å². The zero-order valence-corrected chi connectivity index (χ0v) is 12.9. The summed E-state index contributed by atoms with van der Waals surface area (Å²) in [5.41, 5.74) is 1.07. The number of hydrogen-bond donors (Lipinski definition) is 1. The van der Waals surface area contributed by atoms with Gasteiger partial charge in [0.05, 0.1) is 12.8 Å². The third kappa shape index (κ3) is 3.99. The normalized spacial score (nSPS) is 12.2. The van der Waals surface area contributed by atoms with E-state index in [1.165, 1.54) is 0 Å². The average molecular weight is 288 g/mol. The molecule has 1 N–H and O–H groups in total. The van der Waals surface area contributed by atoms with E-state index in [0.717, 1.165) is 27.8 Å². The molecule has 106 valence electrons. The first-order valence-electron chi connectivity index (χ1n) is 6.74. The lowest BCUT2D eigenvalue weighted by molar-refractivity contribution is 0.413. The van der Waals surface area contributed by atoms with E-state index in [4.69, 9.17) is 4.74 Å². The molecule has 0 aliphatic heterocycles. The Morgan fingerprint density at radius 2 is 2.10 bits per heavy atom. The van der Waals surface area contributed by atoms with Gasteiger partial charge in [-0.15, -0.1) is 0 Å². The van der Waals surface area contributed by atoms with Gasteiger partial charge in [-0.3, -0.25) is 4.98 Å². The molecule has 3 nitrogen and oxygen atoms in total. The molecule has 0 spiro atoms. The quantitative estimate of drug-likeness (QED) is 0.874. The van der Waals surface area contributed by atoms with Crippen LogP contribution >= 0.6 is 11.8 Å². The van der Waals surface area contributed by atoms with Crippen LogP contribution in [0.4, 0.5) is 0 Å². The molecule has 0 fully saturated rings. The molecule has 0 saturated carbocycles. The predicted octanol–water partition coefficient (Wildman–Crippen LogP) is 3.91. The minimum absolute atomic E-state index is 0.288. The second kappa shape index (κ2) is 7.31. The summed E-state index contributed by atoms with van der Waals surface area (Å²) in [5, 5.41) is 3.36.